The molecule has 3 aromatic carbocycles. The van der Waals surface area contributed by atoms with E-state index in [4.69, 9.17) is 4.98 Å². The van der Waals surface area contributed by atoms with Crippen molar-refractivity contribution in [3.05, 3.63) is 95.3 Å². The van der Waals surface area contributed by atoms with Crippen molar-refractivity contribution in [3.63, 3.8) is 0 Å². The number of aryl methyl sites for hydroxylation is 1. The molecule has 0 bridgehead atoms. The van der Waals surface area contributed by atoms with Gasteiger partial charge in [0.1, 0.15) is 11.3 Å². The minimum absolute atomic E-state index is 0.0504. The van der Waals surface area contributed by atoms with Crippen LogP contribution in [-0.2, 0) is 17.9 Å². The molecule has 0 aliphatic heterocycles. The minimum Gasteiger partial charge on any atom is -0.336 e. The summed E-state index contributed by atoms with van der Waals surface area (Å²) in [6.07, 6.45) is 0.621. The molecule has 0 fully saturated rings. The van der Waals surface area contributed by atoms with Gasteiger partial charge in [-0.25, -0.2) is 9.37 Å². The molecule has 9 heteroatoms. The van der Waals surface area contributed by atoms with Crippen LogP contribution in [0.2, 0.25) is 0 Å². The smallest absolute Gasteiger partial charge is 0.236 e. The van der Waals surface area contributed by atoms with Crippen molar-refractivity contribution in [2.45, 2.75) is 43.8 Å². The van der Waals surface area contributed by atoms with Gasteiger partial charge in [0.2, 0.25) is 11.1 Å². The second kappa shape index (κ2) is 12.8. The molecular weight excluding hydrogens is 535 g/mol. The predicted molar refractivity (Wildman–Crippen MR) is 163 cm³/mol. The maximum absolute atomic E-state index is 14.7. The molecule has 41 heavy (non-hydrogen) atoms. The standard InChI is InChI=1S/C32H35FN6OS/c1-5-28(31(40)38(18-17-37(3)4)20-23-11-7-6-8-12-23)41-32-34-30-29(35-36-32)25-19-22(2)15-16-27(25)39(30)21-24-13-9-10-14-26(24)33/h6-16,19,28H,5,17-18,20-21H2,1-4H3. The van der Waals surface area contributed by atoms with Crippen LogP contribution in [0, 0.1) is 12.7 Å². The van der Waals surface area contributed by atoms with Gasteiger partial charge in [-0.05, 0) is 51.2 Å². The van der Waals surface area contributed by atoms with Crippen molar-refractivity contribution in [3.8, 4) is 0 Å². The fourth-order valence-corrected chi connectivity index (χ4v) is 5.79. The predicted octanol–water partition coefficient (Wildman–Crippen LogP) is 5.94. The fraction of sp³-hybridized carbons (Fsp3) is 0.312. The molecule has 5 aromatic rings. The molecule has 0 saturated carbocycles. The quantitative estimate of drug-likeness (QED) is 0.183. The second-order valence-electron chi connectivity index (χ2n) is 10.5. The van der Waals surface area contributed by atoms with Gasteiger partial charge in [-0.2, -0.15) is 0 Å². The van der Waals surface area contributed by atoms with Crippen LogP contribution in [0.5, 0.6) is 0 Å². The number of hydrogen-bond acceptors (Lipinski definition) is 6. The topological polar surface area (TPSA) is 67.2 Å². The lowest BCUT2D eigenvalue weighted by Gasteiger charge is -2.28. The molecule has 0 aliphatic rings. The lowest BCUT2D eigenvalue weighted by molar-refractivity contribution is -0.131. The molecule has 1 atom stereocenters. The van der Waals surface area contributed by atoms with Gasteiger partial charge in [0, 0.05) is 30.6 Å². The van der Waals surface area contributed by atoms with E-state index in [9.17, 15) is 9.18 Å². The molecule has 0 spiro atoms. The van der Waals surface area contributed by atoms with E-state index in [2.05, 4.69) is 21.2 Å². The Labute approximate surface area is 244 Å². The van der Waals surface area contributed by atoms with Crippen LogP contribution in [0.15, 0.2) is 78.0 Å². The number of thioether (sulfide) groups is 1. The summed E-state index contributed by atoms with van der Waals surface area (Å²) in [6, 6.07) is 22.9. The van der Waals surface area contributed by atoms with E-state index < -0.39 is 0 Å². The summed E-state index contributed by atoms with van der Waals surface area (Å²) in [5.74, 6) is -0.214. The van der Waals surface area contributed by atoms with Crippen molar-refractivity contribution < 1.29 is 9.18 Å². The molecular formula is C32H35FN6OS. The Morgan fingerprint density at radius 2 is 1.76 bits per heavy atom. The molecule has 0 radical (unpaired) electrons. The number of rotatable bonds is 11. The Morgan fingerprint density at radius 3 is 2.49 bits per heavy atom. The Kier molecular flexibility index (Phi) is 8.95. The summed E-state index contributed by atoms with van der Waals surface area (Å²) in [6.45, 7) is 6.26. The maximum atomic E-state index is 14.7. The Bertz CT molecular complexity index is 1650. The van der Waals surface area contributed by atoms with E-state index in [1.165, 1.54) is 17.8 Å². The lowest BCUT2D eigenvalue weighted by Crippen LogP contribution is -2.41. The van der Waals surface area contributed by atoms with Crippen molar-refractivity contribution in [2.75, 3.05) is 27.2 Å². The number of carbonyl (C=O) groups is 1. The largest absolute Gasteiger partial charge is 0.336 e. The highest BCUT2D eigenvalue weighted by Crippen LogP contribution is 2.31. The van der Waals surface area contributed by atoms with Crippen molar-refractivity contribution >= 4 is 39.7 Å². The molecule has 2 heterocycles. The molecule has 7 nitrogen and oxygen atoms in total. The number of aromatic nitrogens is 4. The number of hydrogen-bond donors (Lipinski definition) is 0. The Morgan fingerprint density at radius 1 is 1.00 bits per heavy atom. The molecule has 212 valence electrons. The third-order valence-corrected chi connectivity index (χ3v) is 8.33. The van der Waals surface area contributed by atoms with Gasteiger partial charge >= 0.3 is 0 Å². The summed E-state index contributed by atoms with van der Waals surface area (Å²) >= 11 is 1.34. The minimum atomic E-state index is -0.369. The number of carbonyl (C=O) groups excluding carboxylic acids is 1. The van der Waals surface area contributed by atoms with Crippen LogP contribution >= 0.6 is 11.8 Å². The zero-order chi connectivity index (χ0) is 28.9. The molecule has 2 aromatic heterocycles. The number of amides is 1. The molecule has 0 saturated heterocycles. The molecule has 1 amide bonds. The van der Waals surface area contributed by atoms with E-state index in [1.54, 1.807) is 12.1 Å². The maximum Gasteiger partial charge on any atom is 0.236 e. The SMILES string of the molecule is CCC(Sc1nnc2c3cc(C)ccc3n(Cc3ccccc3F)c2n1)C(=O)N(CCN(C)C)Cc1ccccc1. The van der Waals surface area contributed by atoms with E-state index in [1.807, 2.05) is 85.9 Å². The van der Waals surface area contributed by atoms with Crippen molar-refractivity contribution in [2.24, 2.45) is 0 Å². The normalized spacial score (nSPS) is 12.3. The first-order valence-corrected chi connectivity index (χ1v) is 14.7. The number of nitrogens with zero attached hydrogens (tertiary/aromatic N) is 6. The highest BCUT2D eigenvalue weighted by atomic mass is 32.2. The molecule has 1 unspecified atom stereocenters. The number of halogens is 1. The number of likely N-dealkylation sites (N-methyl/N-ethyl adjacent to an activating group) is 1. The van der Waals surface area contributed by atoms with Crippen molar-refractivity contribution in [1.29, 1.82) is 0 Å². The molecule has 0 N–H and O–H groups in total. The second-order valence-corrected chi connectivity index (χ2v) is 11.7. The summed E-state index contributed by atoms with van der Waals surface area (Å²) in [5.41, 5.74) is 4.96. The van der Waals surface area contributed by atoms with Crippen LogP contribution in [0.1, 0.15) is 30.0 Å². The molecule has 5 rings (SSSR count). The first-order chi connectivity index (χ1) is 19.8. The zero-order valence-corrected chi connectivity index (χ0v) is 24.7. The van der Waals surface area contributed by atoms with Gasteiger partial charge in [-0.15, -0.1) is 10.2 Å². The summed E-state index contributed by atoms with van der Waals surface area (Å²) in [7, 11) is 4.02. The third kappa shape index (κ3) is 6.57. The monoisotopic (exact) mass is 570 g/mol. The lowest BCUT2D eigenvalue weighted by atomic mass is 10.1. The van der Waals surface area contributed by atoms with E-state index in [0.29, 0.717) is 47.9 Å². The van der Waals surface area contributed by atoms with Gasteiger partial charge in [0.15, 0.2) is 5.65 Å². The Balaban J connectivity index is 1.48. The first-order valence-electron chi connectivity index (χ1n) is 13.8. The van der Waals surface area contributed by atoms with Crippen LogP contribution in [0.25, 0.3) is 22.1 Å². The zero-order valence-electron chi connectivity index (χ0n) is 23.9. The first kappa shape index (κ1) is 28.7. The van der Waals surface area contributed by atoms with E-state index in [-0.39, 0.29) is 17.0 Å². The van der Waals surface area contributed by atoms with Gasteiger partial charge in [0.05, 0.1) is 17.3 Å². The summed E-state index contributed by atoms with van der Waals surface area (Å²) < 4.78 is 16.7. The van der Waals surface area contributed by atoms with E-state index >= 15 is 0 Å². The van der Waals surface area contributed by atoms with Gasteiger partial charge in [-0.1, -0.05) is 78.8 Å². The fourth-order valence-electron chi connectivity index (χ4n) is 4.89. The van der Waals surface area contributed by atoms with Crippen LogP contribution < -0.4 is 0 Å². The highest BCUT2D eigenvalue weighted by molar-refractivity contribution is 8.00. The number of fused-ring (bicyclic) bond motifs is 3. The van der Waals surface area contributed by atoms with E-state index in [0.717, 1.165) is 28.6 Å². The summed E-state index contributed by atoms with van der Waals surface area (Å²) in [5, 5.41) is 10.0. The van der Waals surface area contributed by atoms with Crippen LogP contribution in [-0.4, -0.2) is 67.9 Å². The molecule has 0 aliphatic carbocycles. The van der Waals surface area contributed by atoms with Crippen LogP contribution in [0.3, 0.4) is 0 Å². The average Bonchev–Trinajstić information content (AvgIpc) is 3.26. The summed E-state index contributed by atoms with van der Waals surface area (Å²) in [4.78, 5) is 22.8. The third-order valence-electron chi connectivity index (χ3n) is 7.13. The average molecular weight is 571 g/mol. The van der Waals surface area contributed by atoms with Gasteiger partial charge < -0.3 is 14.4 Å². The van der Waals surface area contributed by atoms with Gasteiger partial charge in [0.25, 0.3) is 0 Å². The van der Waals surface area contributed by atoms with Crippen molar-refractivity contribution in [1.82, 2.24) is 29.5 Å². The van der Waals surface area contributed by atoms with Crippen LogP contribution in [0.4, 0.5) is 4.39 Å². The Hall–Kier alpha value is -3.82. The number of benzene rings is 3. The highest BCUT2D eigenvalue weighted by Gasteiger charge is 2.26. The van der Waals surface area contributed by atoms with Gasteiger partial charge in [-0.3, -0.25) is 4.79 Å².